The van der Waals surface area contributed by atoms with E-state index in [0.717, 1.165) is 0 Å². The summed E-state index contributed by atoms with van der Waals surface area (Å²) in [5.41, 5.74) is 0.421. The SMILES string of the molecule is C/C=C(\NC)B(O)O. The van der Waals surface area contributed by atoms with Crippen LogP contribution in [0, 0.1) is 0 Å². The van der Waals surface area contributed by atoms with Gasteiger partial charge in [-0.2, -0.15) is 0 Å². The second kappa shape index (κ2) is 3.52. The van der Waals surface area contributed by atoms with Gasteiger partial charge in [-0.15, -0.1) is 0 Å². The summed E-state index contributed by atoms with van der Waals surface area (Å²) in [6, 6.07) is 0. The van der Waals surface area contributed by atoms with Crippen LogP contribution < -0.4 is 5.32 Å². The van der Waals surface area contributed by atoms with E-state index < -0.39 is 7.12 Å². The van der Waals surface area contributed by atoms with Crippen LogP contribution in [0.3, 0.4) is 0 Å². The van der Waals surface area contributed by atoms with Crippen molar-refractivity contribution in [2.75, 3.05) is 7.05 Å². The third kappa shape index (κ3) is 2.00. The van der Waals surface area contributed by atoms with Crippen molar-refractivity contribution in [3.63, 3.8) is 0 Å². The standard InChI is InChI=1S/C4H10BNO2/c1-3-4(6-2)5(7)8/h3,6-8H,1-2H3/b4-3-. The van der Waals surface area contributed by atoms with E-state index in [0.29, 0.717) is 5.60 Å². The molecular weight excluding hydrogens is 105 g/mol. The molecule has 0 heterocycles. The minimum absolute atomic E-state index is 0.421. The van der Waals surface area contributed by atoms with Crippen molar-refractivity contribution in [2.24, 2.45) is 0 Å². The van der Waals surface area contributed by atoms with Gasteiger partial charge in [-0.3, -0.25) is 0 Å². The molecule has 3 nitrogen and oxygen atoms in total. The van der Waals surface area contributed by atoms with Gasteiger partial charge in [-0.05, 0) is 6.92 Å². The van der Waals surface area contributed by atoms with Crippen LogP contribution in [0.4, 0.5) is 0 Å². The Morgan fingerprint density at radius 3 is 2.12 bits per heavy atom. The summed E-state index contributed by atoms with van der Waals surface area (Å²) in [4.78, 5) is 0. The molecule has 0 fully saturated rings. The van der Waals surface area contributed by atoms with E-state index in [1.54, 1.807) is 20.0 Å². The van der Waals surface area contributed by atoms with E-state index in [4.69, 9.17) is 10.0 Å². The highest BCUT2D eigenvalue weighted by Gasteiger charge is 2.09. The fourth-order valence-corrected chi connectivity index (χ4v) is 0.423. The molecule has 0 atom stereocenters. The first kappa shape index (κ1) is 7.52. The predicted molar refractivity (Wildman–Crippen MR) is 33.0 cm³/mol. The molecule has 0 radical (unpaired) electrons. The first-order chi connectivity index (χ1) is 3.72. The molecule has 4 heteroatoms. The van der Waals surface area contributed by atoms with Crippen molar-refractivity contribution >= 4 is 7.12 Å². The molecule has 0 bridgehead atoms. The lowest BCUT2D eigenvalue weighted by Crippen LogP contribution is -2.24. The van der Waals surface area contributed by atoms with Crippen LogP contribution in [0.25, 0.3) is 0 Å². The first-order valence-electron chi connectivity index (χ1n) is 2.42. The van der Waals surface area contributed by atoms with E-state index in [-0.39, 0.29) is 0 Å². The Morgan fingerprint density at radius 2 is 2.12 bits per heavy atom. The Hall–Kier alpha value is -0.475. The quantitative estimate of drug-likeness (QED) is 0.409. The Kier molecular flexibility index (Phi) is 3.31. The molecule has 0 spiro atoms. The van der Waals surface area contributed by atoms with Gasteiger partial charge in [0.05, 0.1) is 0 Å². The average Bonchev–Trinajstić information content (AvgIpc) is 1.69. The first-order valence-corrected chi connectivity index (χ1v) is 2.42. The fourth-order valence-electron chi connectivity index (χ4n) is 0.423. The molecule has 46 valence electrons. The van der Waals surface area contributed by atoms with E-state index >= 15 is 0 Å². The van der Waals surface area contributed by atoms with Crippen molar-refractivity contribution in [2.45, 2.75) is 6.92 Å². The molecule has 0 unspecified atom stereocenters. The van der Waals surface area contributed by atoms with Crippen molar-refractivity contribution in [1.82, 2.24) is 5.32 Å². The highest BCUT2D eigenvalue weighted by atomic mass is 16.4. The number of hydrogen-bond donors (Lipinski definition) is 3. The smallest absolute Gasteiger partial charge is 0.422 e. The number of hydrogen-bond acceptors (Lipinski definition) is 3. The van der Waals surface area contributed by atoms with Crippen LogP contribution in [0.15, 0.2) is 11.7 Å². The summed E-state index contributed by atoms with van der Waals surface area (Å²) in [5.74, 6) is 0. The summed E-state index contributed by atoms with van der Waals surface area (Å²) < 4.78 is 0. The lowest BCUT2D eigenvalue weighted by Gasteiger charge is -2.01. The maximum atomic E-state index is 8.44. The Bertz CT molecular complexity index is 92.0. The summed E-state index contributed by atoms with van der Waals surface area (Å²) in [7, 11) is 0.263. The van der Waals surface area contributed by atoms with Gasteiger partial charge >= 0.3 is 7.12 Å². The topological polar surface area (TPSA) is 52.5 Å². The number of rotatable bonds is 2. The highest BCUT2D eigenvalue weighted by molar-refractivity contribution is 6.50. The molecule has 0 aliphatic heterocycles. The zero-order valence-electron chi connectivity index (χ0n) is 5.05. The van der Waals surface area contributed by atoms with Gasteiger partial charge in [-0.25, -0.2) is 0 Å². The summed E-state index contributed by atoms with van der Waals surface area (Å²) >= 11 is 0. The maximum absolute atomic E-state index is 8.44. The van der Waals surface area contributed by atoms with Crippen molar-refractivity contribution in [3.05, 3.63) is 11.7 Å². The second-order valence-corrected chi connectivity index (χ2v) is 1.37. The van der Waals surface area contributed by atoms with Gasteiger partial charge in [0.15, 0.2) is 0 Å². The average molecular weight is 115 g/mol. The molecule has 8 heavy (non-hydrogen) atoms. The third-order valence-corrected chi connectivity index (χ3v) is 0.878. The minimum Gasteiger partial charge on any atom is -0.422 e. The molecule has 0 rings (SSSR count). The van der Waals surface area contributed by atoms with Crippen LogP contribution >= 0.6 is 0 Å². The van der Waals surface area contributed by atoms with Crippen molar-refractivity contribution in [1.29, 1.82) is 0 Å². The van der Waals surface area contributed by atoms with Gasteiger partial charge < -0.3 is 15.4 Å². The van der Waals surface area contributed by atoms with Crippen molar-refractivity contribution in [3.8, 4) is 0 Å². The lowest BCUT2D eigenvalue weighted by molar-refractivity contribution is 0.415. The zero-order valence-corrected chi connectivity index (χ0v) is 5.05. The summed E-state index contributed by atoms with van der Waals surface area (Å²) in [5, 5.41) is 19.5. The minimum atomic E-state index is -1.37. The molecule has 0 aliphatic carbocycles. The van der Waals surface area contributed by atoms with Crippen LogP contribution in [0.5, 0.6) is 0 Å². The molecule has 0 aromatic heterocycles. The molecule has 0 saturated heterocycles. The van der Waals surface area contributed by atoms with Gasteiger partial charge in [0.1, 0.15) is 0 Å². The van der Waals surface area contributed by atoms with Crippen molar-refractivity contribution < 1.29 is 10.0 Å². The predicted octanol–water partition coefficient (Wildman–Crippen LogP) is -0.878. The summed E-state index contributed by atoms with van der Waals surface area (Å²) in [6.45, 7) is 1.73. The third-order valence-electron chi connectivity index (χ3n) is 0.878. The van der Waals surface area contributed by atoms with E-state index in [1.165, 1.54) is 0 Å². The van der Waals surface area contributed by atoms with Crippen LogP contribution in [0.1, 0.15) is 6.92 Å². The Balaban J connectivity index is 3.72. The molecular formula is C4H10BNO2. The number of allylic oxidation sites excluding steroid dienone is 1. The maximum Gasteiger partial charge on any atom is 0.504 e. The largest absolute Gasteiger partial charge is 0.504 e. The van der Waals surface area contributed by atoms with E-state index in [9.17, 15) is 0 Å². The van der Waals surface area contributed by atoms with Crippen LogP contribution in [-0.2, 0) is 0 Å². The summed E-state index contributed by atoms with van der Waals surface area (Å²) in [6.07, 6.45) is 1.60. The molecule has 3 N–H and O–H groups in total. The van der Waals surface area contributed by atoms with Gasteiger partial charge in [-0.1, -0.05) is 6.08 Å². The normalized spacial score (nSPS) is 11.2. The van der Waals surface area contributed by atoms with Gasteiger partial charge in [0.2, 0.25) is 0 Å². The fraction of sp³-hybridized carbons (Fsp3) is 0.500. The molecule has 0 aliphatic rings. The van der Waals surface area contributed by atoms with Crippen LogP contribution in [0.2, 0.25) is 0 Å². The Morgan fingerprint density at radius 1 is 1.62 bits per heavy atom. The van der Waals surface area contributed by atoms with E-state index in [2.05, 4.69) is 5.32 Å². The Labute approximate surface area is 49.2 Å². The van der Waals surface area contributed by atoms with Gasteiger partial charge in [0, 0.05) is 12.6 Å². The zero-order chi connectivity index (χ0) is 6.57. The molecule has 0 saturated carbocycles. The number of nitrogens with one attached hydrogen (secondary N) is 1. The monoisotopic (exact) mass is 115 g/mol. The van der Waals surface area contributed by atoms with E-state index in [1.807, 2.05) is 0 Å². The van der Waals surface area contributed by atoms with Gasteiger partial charge in [0.25, 0.3) is 0 Å². The molecule has 0 aromatic rings. The highest BCUT2D eigenvalue weighted by Crippen LogP contribution is 1.86. The molecule has 0 aromatic carbocycles. The lowest BCUT2D eigenvalue weighted by atomic mass is 9.86. The molecule has 0 amide bonds. The second-order valence-electron chi connectivity index (χ2n) is 1.37. The van der Waals surface area contributed by atoms with Crippen LogP contribution in [-0.4, -0.2) is 24.2 Å².